The Morgan fingerprint density at radius 1 is 1.06 bits per heavy atom. The van der Waals surface area contributed by atoms with Gasteiger partial charge in [-0.2, -0.15) is 0 Å². The maximum Gasteiger partial charge on any atom is 0.0140 e. The quantitative estimate of drug-likeness (QED) is 0.663. The zero-order chi connectivity index (χ0) is 12.5. The molecule has 0 aromatic rings. The van der Waals surface area contributed by atoms with E-state index >= 15 is 0 Å². The van der Waals surface area contributed by atoms with Gasteiger partial charge in [-0.25, -0.2) is 0 Å². The highest BCUT2D eigenvalue weighted by Crippen LogP contribution is 2.17. The number of hydrogen-bond donors (Lipinski definition) is 1. The average Bonchev–Trinajstić information content (AvgIpc) is 2.30. The van der Waals surface area contributed by atoms with Crippen molar-refractivity contribution in [1.29, 1.82) is 0 Å². The van der Waals surface area contributed by atoms with Crippen LogP contribution in [0.4, 0.5) is 0 Å². The normalized spacial score (nSPS) is 18.2. The van der Waals surface area contributed by atoms with Crippen LogP contribution in [0.5, 0.6) is 0 Å². The van der Waals surface area contributed by atoms with Crippen molar-refractivity contribution in [3.8, 4) is 0 Å². The van der Waals surface area contributed by atoms with Crippen molar-refractivity contribution in [3.05, 3.63) is 23.3 Å². The van der Waals surface area contributed by atoms with Crippen LogP contribution in [0.15, 0.2) is 23.3 Å². The van der Waals surface area contributed by atoms with Gasteiger partial charge in [0.1, 0.15) is 0 Å². The van der Waals surface area contributed by atoms with Gasteiger partial charge in [-0.05, 0) is 46.5 Å². The second-order valence-electron chi connectivity index (χ2n) is 5.61. The van der Waals surface area contributed by atoms with Crippen LogP contribution >= 0.6 is 0 Å². The first-order chi connectivity index (χ1) is 8.18. The number of nitrogens with one attached hydrogen (secondary N) is 1. The van der Waals surface area contributed by atoms with E-state index in [1.165, 1.54) is 56.1 Å². The molecular weight excluding hydrogens is 206 g/mol. The Labute approximate surface area is 107 Å². The molecule has 0 saturated heterocycles. The Bertz CT molecular complexity index is 253. The zero-order valence-corrected chi connectivity index (χ0v) is 11.9. The molecule has 0 radical (unpaired) electrons. The lowest BCUT2D eigenvalue weighted by Gasteiger charge is -2.22. The molecular formula is C16H29N. The summed E-state index contributed by atoms with van der Waals surface area (Å²) in [4.78, 5) is 0. The fourth-order valence-electron chi connectivity index (χ4n) is 2.40. The molecule has 0 bridgehead atoms. The van der Waals surface area contributed by atoms with Crippen LogP contribution in [0.1, 0.15) is 65.7 Å². The fourth-order valence-corrected chi connectivity index (χ4v) is 2.40. The van der Waals surface area contributed by atoms with Gasteiger partial charge in [-0.1, -0.05) is 42.6 Å². The lowest BCUT2D eigenvalue weighted by Crippen LogP contribution is -2.31. The lowest BCUT2D eigenvalue weighted by molar-refractivity contribution is 0.385. The van der Waals surface area contributed by atoms with Crippen molar-refractivity contribution in [2.45, 2.75) is 71.8 Å². The van der Waals surface area contributed by atoms with Crippen LogP contribution in [0.2, 0.25) is 0 Å². The summed E-state index contributed by atoms with van der Waals surface area (Å²) in [7, 11) is 0. The molecule has 1 rings (SSSR count). The van der Waals surface area contributed by atoms with Crippen LogP contribution in [-0.4, -0.2) is 12.6 Å². The molecule has 1 heteroatoms. The molecule has 1 saturated carbocycles. The molecule has 1 N–H and O–H groups in total. The first-order valence-corrected chi connectivity index (χ1v) is 7.21. The van der Waals surface area contributed by atoms with Gasteiger partial charge in [0.05, 0.1) is 0 Å². The average molecular weight is 235 g/mol. The van der Waals surface area contributed by atoms with Crippen LogP contribution < -0.4 is 5.32 Å². The minimum Gasteiger partial charge on any atom is -0.311 e. The third-order valence-corrected chi connectivity index (χ3v) is 3.55. The maximum atomic E-state index is 3.66. The molecule has 0 amide bonds. The first-order valence-electron chi connectivity index (χ1n) is 7.21. The highest BCUT2D eigenvalue weighted by atomic mass is 14.9. The summed E-state index contributed by atoms with van der Waals surface area (Å²) >= 11 is 0. The Morgan fingerprint density at radius 2 is 1.76 bits per heavy atom. The van der Waals surface area contributed by atoms with Crippen molar-refractivity contribution in [2.75, 3.05) is 6.54 Å². The summed E-state index contributed by atoms with van der Waals surface area (Å²) in [6.07, 6.45) is 14.1. The smallest absolute Gasteiger partial charge is 0.0140 e. The van der Waals surface area contributed by atoms with Crippen molar-refractivity contribution in [2.24, 2.45) is 0 Å². The van der Waals surface area contributed by atoms with E-state index in [9.17, 15) is 0 Å². The molecule has 0 spiro atoms. The van der Waals surface area contributed by atoms with E-state index in [2.05, 4.69) is 38.2 Å². The van der Waals surface area contributed by atoms with Gasteiger partial charge in [0.2, 0.25) is 0 Å². The van der Waals surface area contributed by atoms with Gasteiger partial charge in [0.25, 0.3) is 0 Å². The SMILES string of the molecule is CC(C)=CCC/C(C)=C/CNC1CCCCC1. The summed E-state index contributed by atoms with van der Waals surface area (Å²) < 4.78 is 0. The second kappa shape index (κ2) is 8.52. The van der Waals surface area contributed by atoms with Gasteiger partial charge in [0, 0.05) is 12.6 Å². The molecule has 0 heterocycles. The largest absolute Gasteiger partial charge is 0.311 e. The molecule has 0 aromatic heterocycles. The molecule has 0 aromatic carbocycles. The summed E-state index contributed by atoms with van der Waals surface area (Å²) in [5, 5.41) is 3.66. The maximum absolute atomic E-state index is 3.66. The van der Waals surface area contributed by atoms with Gasteiger partial charge >= 0.3 is 0 Å². The minimum absolute atomic E-state index is 0.783. The second-order valence-corrected chi connectivity index (χ2v) is 5.61. The van der Waals surface area contributed by atoms with Crippen LogP contribution in [0, 0.1) is 0 Å². The van der Waals surface area contributed by atoms with E-state index in [4.69, 9.17) is 0 Å². The summed E-state index contributed by atoms with van der Waals surface area (Å²) in [6.45, 7) is 7.65. The molecule has 17 heavy (non-hydrogen) atoms. The molecule has 1 aliphatic rings. The molecule has 1 nitrogen and oxygen atoms in total. The van der Waals surface area contributed by atoms with Crippen molar-refractivity contribution >= 4 is 0 Å². The Morgan fingerprint density at radius 3 is 2.41 bits per heavy atom. The van der Waals surface area contributed by atoms with Gasteiger partial charge in [-0.3, -0.25) is 0 Å². The van der Waals surface area contributed by atoms with Crippen molar-refractivity contribution < 1.29 is 0 Å². The molecule has 0 aliphatic heterocycles. The van der Waals surface area contributed by atoms with E-state index in [0.29, 0.717) is 0 Å². The Hall–Kier alpha value is -0.560. The third kappa shape index (κ3) is 7.38. The third-order valence-electron chi connectivity index (χ3n) is 3.55. The topological polar surface area (TPSA) is 12.0 Å². The number of hydrogen-bond acceptors (Lipinski definition) is 1. The highest BCUT2D eigenvalue weighted by molar-refractivity contribution is 5.03. The monoisotopic (exact) mass is 235 g/mol. The minimum atomic E-state index is 0.783. The zero-order valence-electron chi connectivity index (χ0n) is 11.9. The van der Waals surface area contributed by atoms with Crippen LogP contribution in [0.3, 0.4) is 0 Å². The van der Waals surface area contributed by atoms with E-state index in [1.807, 2.05) is 0 Å². The predicted molar refractivity (Wildman–Crippen MR) is 77.3 cm³/mol. The number of allylic oxidation sites excluding steroid dienone is 3. The van der Waals surface area contributed by atoms with Gasteiger partial charge < -0.3 is 5.32 Å². The molecule has 1 fully saturated rings. The van der Waals surface area contributed by atoms with E-state index in [-0.39, 0.29) is 0 Å². The summed E-state index contributed by atoms with van der Waals surface area (Å²) in [6, 6.07) is 0.783. The van der Waals surface area contributed by atoms with Gasteiger partial charge in [0.15, 0.2) is 0 Å². The summed E-state index contributed by atoms with van der Waals surface area (Å²) in [5.41, 5.74) is 2.95. The van der Waals surface area contributed by atoms with Crippen molar-refractivity contribution in [1.82, 2.24) is 5.32 Å². The Kier molecular flexibility index (Phi) is 7.27. The van der Waals surface area contributed by atoms with E-state index in [1.54, 1.807) is 0 Å². The first kappa shape index (κ1) is 14.5. The van der Waals surface area contributed by atoms with Crippen LogP contribution in [-0.2, 0) is 0 Å². The Balaban J connectivity index is 2.12. The van der Waals surface area contributed by atoms with Crippen molar-refractivity contribution in [3.63, 3.8) is 0 Å². The number of rotatable bonds is 6. The van der Waals surface area contributed by atoms with Crippen LogP contribution in [0.25, 0.3) is 0 Å². The fraction of sp³-hybridized carbons (Fsp3) is 0.750. The van der Waals surface area contributed by atoms with Gasteiger partial charge in [-0.15, -0.1) is 0 Å². The van der Waals surface area contributed by atoms with E-state index < -0.39 is 0 Å². The van der Waals surface area contributed by atoms with E-state index in [0.717, 1.165) is 12.6 Å². The predicted octanol–water partition coefficient (Wildman–Crippen LogP) is 4.60. The standard InChI is InChI=1S/C16H29N/c1-14(2)8-7-9-15(3)12-13-17-16-10-5-4-6-11-16/h8,12,16-17H,4-7,9-11,13H2,1-3H3/b15-12+. The molecule has 0 atom stereocenters. The molecule has 1 aliphatic carbocycles. The highest BCUT2D eigenvalue weighted by Gasteiger charge is 2.11. The lowest BCUT2D eigenvalue weighted by atomic mass is 9.95. The molecule has 98 valence electrons. The summed E-state index contributed by atoms with van der Waals surface area (Å²) in [5.74, 6) is 0. The molecule has 0 unspecified atom stereocenters.